The van der Waals surface area contributed by atoms with Gasteiger partial charge in [0.2, 0.25) is 0 Å². The van der Waals surface area contributed by atoms with Crippen LogP contribution in [0.4, 0.5) is 11.5 Å². The van der Waals surface area contributed by atoms with E-state index in [-0.39, 0.29) is 0 Å². The fraction of sp³-hybridized carbons (Fsp3) is 0.389. The average molecular weight is 392 g/mol. The van der Waals surface area contributed by atoms with Crippen LogP contribution < -0.4 is 19.7 Å². The summed E-state index contributed by atoms with van der Waals surface area (Å²) in [7, 11) is 3.33. The third-order valence-corrected chi connectivity index (χ3v) is 4.65. The first-order valence-electron chi connectivity index (χ1n) is 8.04. The van der Waals surface area contributed by atoms with Crippen molar-refractivity contribution in [3.05, 3.63) is 41.0 Å². The Morgan fingerprint density at radius 3 is 2.54 bits per heavy atom. The fourth-order valence-corrected chi connectivity index (χ4v) is 3.22. The lowest BCUT2D eigenvalue weighted by atomic mass is 10.1. The van der Waals surface area contributed by atoms with Crippen molar-refractivity contribution >= 4 is 27.4 Å². The second-order valence-corrected chi connectivity index (χ2v) is 6.78. The number of ether oxygens (including phenoxy) is 2. The zero-order chi connectivity index (χ0) is 16.9. The van der Waals surface area contributed by atoms with Crippen molar-refractivity contribution in [2.45, 2.75) is 18.9 Å². The highest BCUT2D eigenvalue weighted by Crippen LogP contribution is 2.28. The summed E-state index contributed by atoms with van der Waals surface area (Å²) in [5.74, 6) is 2.60. The summed E-state index contributed by atoms with van der Waals surface area (Å²) in [5.41, 5.74) is 1.02. The summed E-state index contributed by atoms with van der Waals surface area (Å²) in [6.45, 7) is 1.96. The third kappa shape index (κ3) is 4.12. The normalized spacial score (nSPS) is 17.5. The van der Waals surface area contributed by atoms with Gasteiger partial charge in [0, 0.05) is 53.7 Å². The average Bonchev–Trinajstić information content (AvgIpc) is 2.62. The second kappa shape index (κ2) is 7.75. The van der Waals surface area contributed by atoms with Crippen LogP contribution in [0.5, 0.6) is 11.5 Å². The van der Waals surface area contributed by atoms with Crippen LogP contribution >= 0.6 is 15.9 Å². The van der Waals surface area contributed by atoms with Crippen LogP contribution in [0.2, 0.25) is 0 Å². The van der Waals surface area contributed by atoms with Gasteiger partial charge in [-0.3, -0.25) is 0 Å². The molecule has 1 aliphatic rings. The van der Waals surface area contributed by atoms with Gasteiger partial charge in [0.25, 0.3) is 0 Å². The Labute approximate surface area is 151 Å². The molecule has 1 aliphatic heterocycles. The Kier molecular flexibility index (Phi) is 5.45. The smallest absolute Gasteiger partial charge is 0.128 e. The topological polar surface area (TPSA) is 46.6 Å². The number of methoxy groups -OCH3 is 2. The van der Waals surface area contributed by atoms with Gasteiger partial charge in [0.05, 0.1) is 14.2 Å². The first-order chi connectivity index (χ1) is 11.7. The van der Waals surface area contributed by atoms with Gasteiger partial charge < -0.3 is 19.7 Å². The van der Waals surface area contributed by atoms with Gasteiger partial charge in [-0.1, -0.05) is 0 Å². The summed E-state index contributed by atoms with van der Waals surface area (Å²) in [4.78, 5) is 6.83. The van der Waals surface area contributed by atoms with Crippen molar-refractivity contribution in [2.24, 2.45) is 0 Å². The molecule has 2 heterocycles. The molecule has 0 aliphatic carbocycles. The van der Waals surface area contributed by atoms with Crippen LogP contribution in [0.25, 0.3) is 0 Å². The summed E-state index contributed by atoms with van der Waals surface area (Å²) in [6.07, 6.45) is 4.11. The molecule has 0 amide bonds. The quantitative estimate of drug-likeness (QED) is 0.835. The van der Waals surface area contributed by atoms with E-state index in [9.17, 15) is 0 Å². The molecule has 0 radical (unpaired) electrons. The van der Waals surface area contributed by atoms with Gasteiger partial charge in [-0.25, -0.2) is 4.98 Å². The highest BCUT2D eigenvalue weighted by atomic mass is 79.9. The lowest BCUT2D eigenvalue weighted by Gasteiger charge is -2.34. The molecular weight excluding hydrogens is 370 g/mol. The SMILES string of the molecule is COc1cc(NC2CCCN(c3ccc(Br)cn3)C2)cc(OC)c1. The van der Waals surface area contributed by atoms with Crippen LogP contribution in [-0.2, 0) is 0 Å². The van der Waals surface area contributed by atoms with Gasteiger partial charge in [0.15, 0.2) is 0 Å². The van der Waals surface area contributed by atoms with Crippen LogP contribution in [-0.4, -0.2) is 38.3 Å². The first-order valence-corrected chi connectivity index (χ1v) is 8.83. The number of piperidine rings is 1. The zero-order valence-corrected chi connectivity index (χ0v) is 15.5. The molecule has 3 rings (SSSR count). The zero-order valence-electron chi connectivity index (χ0n) is 14.0. The summed E-state index contributed by atoms with van der Waals surface area (Å²) < 4.78 is 11.7. The highest BCUT2D eigenvalue weighted by molar-refractivity contribution is 9.10. The van der Waals surface area contributed by atoms with Crippen molar-refractivity contribution in [3.63, 3.8) is 0 Å². The molecule has 6 heteroatoms. The first kappa shape index (κ1) is 16.9. The number of rotatable bonds is 5. The van der Waals surface area contributed by atoms with Gasteiger partial charge >= 0.3 is 0 Å². The maximum Gasteiger partial charge on any atom is 0.128 e. The molecule has 0 bridgehead atoms. The molecule has 1 unspecified atom stereocenters. The van der Waals surface area contributed by atoms with E-state index in [1.54, 1.807) is 14.2 Å². The van der Waals surface area contributed by atoms with Crippen molar-refractivity contribution in [1.29, 1.82) is 0 Å². The fourth-order valence-electron chi connectivity index (χ4n) is 2.98. The second-order valence-electron chi connectivity index (χ2n) is 5.87. The Morgan fingerprint density at radius 1 is 1.17 bits per heavy atom. The van der Waals surface area contributed by atoms with Gasteiger partial charge in [-0.2, -0.15) is 0 Å². The molecule has 1 atom stereocenters. The van der Waals surface area contributed by atoms with Crippen LogP contribution in [0, 0.1) is 0 Å². The summed E-state index contributed by atoms with van der Waals surface area (Å²) >= 11 is 3.44. The Hall–Kier alpha value is -1.95. The number of aromatic nitrogens is 1. The molecule has 1 fully saturated rings. The van der Waals surface area contributed by atoms with Gasteiger partial charge in [-0.05, 0) is 40.9 Å². The van der Waals surface area contributed by atoms with Crippen molar-refractivity contribution in [3.8, 4) is 11.5 Å². The predicted molar refractivity (Wildman–Crippen MR) is 100 cm³/mol. The highest BCUT2D eigenvalue weighted by Gasteiger charge is 2.21. The molecular formula is C18H22BrN3O2. The Morgan fingerprint density at radius 2 is 1.92 bits per heavy atom. The van der Waals surface area contributed by atoms with Crippen molar-refractivity contribution in [2.75, 3.05) is 37.5 Å². The lowest BCUT2D eigenvalue weighted by Crippen LogP contribution is -2.42. The lowest BCUT2D eigenvalue weighted by molar-refractivity contribution is 0.394. The number of halogens is 1. The number of hydrogen-bond acceptors (Lipinski definition) is 5. The molecule has 128 valence electrons. The van der Waals surface area contributed by atoms with E-state index in [0.717, 1.165) is 53.4 Å². The van der Waals surface area contributed by atoms with E-state index in [4.69, 9.17) is 9.47 Å². The van der Waals surface area contributed by atoms with Crippen molar-refractivity contribution < 1.29 is 9.47 Å². The molecule has 1 N–H and O–H groups in total. The van der Waals surface area contributed by atoms with E-state index in [1.165, 1.54) is 0 Å². The number of benzene rings is 1. The minimum atomic E-state index is 0.362. The maximum absolute atomic E-state index is 5.34. The van der Waals surface area contributed by atoms with E-state index in [0.29, 0.717) is 6.04 Å². The van der Waals surface area contributed by atoms with Crippen LogP contribution in [0.3, 0.4) is 0 Å². The Bertz CT molecular complexity index is 656. The minimum absolute atomic E-state index is 0.362. The van der Waals surface area contributed by atoms with Crippen LogP contribution in [0.15, 0.2) is 41.0 Å². The third-order valence-electron chi connectivity index (χ3n) is 4.18. The summed E-state index contributed by atoms with van der Waals surface area (Å²) in [6, 6.07) is 10.3. The number of nitrogens with one attached hydrogen (secondary N) is 1. The van der Waals surface area contributed by atoms with Crippen molar-refractivity contribution in [1.82, 2.24) is 4.98 Å². The number of anilines is 2. The van der Waals surface area contributed by atoms with E-state index < -0.39 is 0 Å². The molecule has 24 heavy (non-hydrogen) atoms. The maximum atomic E-state index is 5.34. The molecule has 1 saturated heterocycles. The standard InChI is InChI=1S/C18H22BrN3O2/c1-23-16-8-15(9-17(10-16)24-2)21-14-4-3-7-22(12-14)18-6-5-13(19)11-20-18/h5-6,8-11,14,21H,3-4,7,12H2,1-2H3. The molecule has 0 saturated carbocycles. The van der Waals surface area contributed by atoms with Gasteiger partial charge in [-0.15, -0.1) is 0 Å². The Balaban J connectivity index is 1.70. The predicted octanol–water partition coefficient (Wildman–Crippen LogP) is 3.94. The molecule has 5 nitrogen and oxygen atoms in total. The monoisotopic (exact) mass is 391 g/mol. The number of nitrogens with zero attached hydrogens (tertiary/aromatic N) is 2. The largest absolute Gasteiger partial charge is 0.497 e. The molecule has 1 aromatic heterocycles. The van der Waals surface area contributed by atoms with E-state index in [2.05, 4.69) is 37.2 Å². The molecule has 2 aromatic rings. The van der Waals surface area contributed by atoms with E-state index >= 15 is 0 Å². The number of pyridine rings is 1. The molecule has 0 spiro atoms. The van der Waals surface area contributed by atoms with Gasteiger partial charge in [0.1, 0.15) is 17.3 Å². The summed E-state index contributed by atoms with van der Waals surface area (Å²) in [5, 5.41) is 3.60. The van der Waals surface area contributed by atoms with E-state index in [1.807, 2.05) is 30.5 Å². The number of hydrogen-bond donors (Lipinski definition) is 1. The van der Waals surface area contributed by atoms with Crippen LogP contribution in [0.1, 0.15) is 12.8 Å². The molecule has 1 aromatic carbocycles. The minimum Gasteiger partial charge on any atom is -0.497 e.